The van der Waals surface area contributed by atoms with Gasteiger partial charge >= 0.3 is 0 Å². The third-order valence-corrected chi connectivity index (χ3v) is 4.64. The summed E-state index contributed by atoms with van der Waals surface area (Å²) in [5.41, 5.74) is 8.33. The molecule has 1 aromatic rings. The summed E-state index contributed by atoms with van der Waals surface area (Å²) in [5.74, 6) is 0. The molecule has 3 heteroatoms. The highest BCUT2D eigenvalue weighted by Crippen LogP contribution is 2.28. The molecule has 104 valence electrons. The highest BCUT2D eigenvalue weighted by molar-refractivity contribution is 5.49. The molecule has 0 spiro atoms. The summed E-state index contributed by atoms with van der Waals surface area (Å²) in [6.45, 7) is 6.80. The van der Waals surface area contributed by atoms with Gasteiger partial charge in [0, 0.05) is 30.9 Å². The Hall–Kier alpha value is -1.06. The van der Waals surface area contributed by atoms with E-state index in [0.29, 0.717) is 6.04 Å². The van der Waals surface area contributed by atoms with Crippen LogP contribution in [0, 0.1) is 0 Å². The molecule has 2 heterocycles. The van der Waals surface area contributed by atoms with Crippen LogP contribution in [-0.4, -0.2) is 43.2 Å². The molecule has 2 aliphatic rings. The lowest BCUT2D eigenvalue weighted by Crippen LogP contribution is -2.55. The normalized spacial score (nSPS) is 27.6. The first kappa shape index (κ1) is 12.9. The number of hydrogen-bond donors (Lipinski definition) is 1. The first-order valence-corrected chi connectivity index (χ1v) is 7.57. The lowest BCUT2D eigenvalue weighted by molar-refractivity contribution is 0.203. The Morgan fingerprint density at radius 3 is 2.74 bits per heavy atom. The summed E-state index contributed by atoms with van der Waals surface area (Å²) < 4.78 is 0. The van der Waals surface area contributed by atoms with Gasteiger partial charge in [-0.15, -0.1) is 0 Å². The Balaban J connectivity index is 1.73. The van der Waals surface area contributed by atoms with Crippen LogP contribution in [0.1, 0.15) is 25.3 Å². The van der Waals surface area contributed by atoms with Crippen molar-refractivity contribution in [2.45, 2.75) is 38.3 Å². The van der Waals surface area contributed by atoms with Crippen molar-refractivity contribution in [2.24, 2.45) is 5.73 Å². The van der Waals surface area contributed by atoms with E-state index in [1.165, 1.54) is 43.7 Å². The highest BCUT2D eigenvalue weighted by atomic mass is 15.3. The monoisotopic (exact) mass is 259 g/mol. The van der Waals surface area contributed by atoms with Crippen molar-refractivity contribution in [2.75, 3.05) is 31.1 Å². The van der Waals surface area contributed by atoms with Crippen molar-refractivity contribution in [3.05, 3.63) is 29.8 Å². The number of benzene rings is 1. The molecule has 2 saturated heterocycles. The van der Waals surface area contributed by atoms with Crippen LogP contribution in [0.5, 0.6) is 0 Å². The Morgan fingerprint density at radius 2 is 2.00 bits per heavy atom. The maximum Gasteiger partial charge on any atom is 0.0389 e. The summed E-state index contributed by atoms with van der Waals surface area (Å²) in [5, 5.41) is 0. The van der Waals surface area contributed by atoms with Crippen molar-refractivity contribution < 1.29 is 0 Å². The van der Waals surface area contributed by atoms with Gasteiger partial charge in [0.05, 0.1) is 0 Å². The minimum atomic E-state index is 0.620. The standard InChI is InChI=1S/C16H25N3/c1-13-11-18-10-2-3-16(18)12-19(13)15-6-4-14(5-7-15)8-9-17/h4-7,13,16H,2-3,8-12,17H2,1H3. The molecule has 2 unspecified atom stereocenters. The molecule has 0 bridgehead atoms. The van der Waals surface area contributed by atoms with Crippen molar-refractivity contribution in [3.8, 4) is 0 Å². The maximum atomic E-state index is 5.61. The molecule has 2 N–H and O–H groups in total. The lowest BCUT2D eigenvalue weighted by Gasteiger charge is -2.43. The van der Waals surface area contributed by atoms with E-state index >= 15 is 0 Å². The molecule has 3 rings (SSSR count). The van der Waals surface area contributed by atoms with E-state index in [0.717, 1.165) is 19.0 Å². The number of fused-ring (bicyclic) bond motifs is 1. The Kier molecular flexibility index (Phi) is 3.76. The van der Waals surface area contributed by atoms with E-state index in [1.807, 2.05) is 0 Å². The van der Waals surface area contributed by atoms with Gasteiger partial charge in [-0.25, -0.2) is 0 Å². The third kappa shape index (κ3) is 2.63. The fourth-order valence-electron chi connectivity index (χ4n) is 3.57. The van der Waals surface area contributed by atoms with Crippen LogP contribution in [0.25, 0.3) is 0 Å². The van der Waals surface area contributed by atoms with Crippen molar-refractivity contribution in [1.82, 2.24) is 4.90 Å². The molecular formula is C16H25N3. The van der Waals surface area contributed by atoms with Crippen LogP contribution >= 0.6 is 0 Å². The maximum absolute atomic E-state index is 5.61. The molecule has 0 saturated carbocycles. The first-order chi connectivity index (χ1) is 9.28. The zero-order valence-corrected chi connectivity index (χ0v) is 11.9. The Morgan fingerprint density at radius 1 is 1.21 bits per heavy atom. The van der Waals surface area contributed by atoms with E-state index in [-0.39, 0.29) is 0 Å². The molecule has 19 heavy (non-hydrogen) atoms. The topological polar surface area (TPSA) is 32.5 Å². The second-order valence-corrected chi connectivity index (χ2v) is 6.00. The second-order valence-electron chi connectivity index (χ2n) is 6.00. The van der Waals surface area contributed by atoms with Gasteiger partial charge in [-0.1, -0.05) is 12.1 Å². The van der Waals surface area contributed by atoms with Crippen LogP contribution < -0.4 is 10.6 Å². The molecule has 0 aliphatic carbocycles. The van der Waals surface area contributed by atoms with Crippen molar-refractivity contribution in [1.29, 1.82) is 0 Å². The molecule has 0 amide bonds. The van der Waals surface area contributed by atoms with Crippen LogP contribution in [-0.2, 0) is 6.42 Å². The molecule has 3 nitrogen and oxygen atoms in total. The summed E-state index contributed by atoms with van der Waals surface area (Å²) >= 11 is 0. The third-order valence-electron chi connectivity index (χ3n) is 4.64. The van der Waals surface area contributed by atoms with Crippen LogP contribution in [0.4, 0.5) is 5.69 Å². The largest absolute Gasteiger partial charge is 0.366 e. The zero-order chi connectivity index (χ0) is 13.2. The summed E-state index contributed by atoms with van der Waals surface area (Å²) in [7, 11) is 0. The molecule has 1 aromatic carbocycles. The van der Waals surface area contributed by atoms with E-state index in [9.17, 15) is 0 Å². The number of hydrogen-bond acceptors (Lipinski definition) is 3. The van der Waals surface area contributed by atoms with Gasteiger partial charge in [0.1, 0.15) is 0 Å². The summed E-state index contributed by atoms with van der Waals surface area (Å²) in [6, 6.07) is 10.4. The minimum absolute atomic E-state index is 0.620. The fourth-order valence-corrected chi connectivity index (χ4v) is 3.57. The number of nitrogens with zero attached hydrogens (tertiary/aromatic N) is 2. The highest BCUT2D eigenvalue weighted by Gasteiger charge is 2.34. The number of rotatable bonds is 3. The SMILES string of the molecule is CC1CN2CCCC2CN1c1ccc(CCN)cc1. The van der Waals surface area contributed by atoms with Crippen LogP contribution in [0.3, 0.4) is 0 Å². The lowest BCUT2D eigenvalue weighted by atomic mass is 10.1. The first-order valence-electron chi connectivity index (χ1n) is 7.57. The predicted octanol–water partition coefficient (Wildman–Crippen LogP) is 1.86. The molecular weight excluding hydrogens is 234 g/mol. The zero-order valence-electron chi connectivity index (χ0n) is 11.9. The fraction of sp³-hybridized carbons (Fsp3) is 0.625. The van der Waals surface area contributed by atoms with Gasteiger partial charge in [-0.3, -0.25) is 4.90 Å². The summed E-state index contributed by atoms with van der Waals surface area (Å²) in [6.07, 6.45) is 3.72. The van der Waals surface area contributed by atoms with Gasteiger partial charge in [0.15, 0.2) is 0 Å². The van der Waals surface area contributed by atoms with Gasteiger partial charge in [0.2, 0.25) is 0 Å². The van der Waals surface area contributed by atoms with Crippen molar-refractivity contribution in [3.63, 3.8) is 0 Å². The molecule has 0 aromatic heterocycles. The van der Waals surface area contributed by atoms with E-state index in [4.69, 9.17) is 5.73 Å². The van der Waals surface area contributed by atoms with Gasteiger partial charge in [0.25, 0.3) is 0 Å². The van der Waals surface area contributed by atoms with Crippen LogP contribution in [0.2, 0.25) is 0 Å². The minimum Gasteiger partial charge on any atom is -0.366 e. The number of nitrogens with two attached hydrogens (primary N) is 1. The summed E-state index contributed by atoms with van der Waals surface area (Å²) in [4.78, 5) is 5.25. The van der Waals surface area contributed by atoms with Gasteiger partial charge < -0.3 is 10.6 Å². The Bertz CT molecular complexity index is 415. The van der Waals surface area contributed by atoms with E-state index in [2.05, 4.69) is 41.0 Å². The van der Waals surface area contributed by atoms with Crippen molar-refractivity contribution >= 4 is 5.69 Å². The quantitative estimate of drug-likeness (QED) is 0.899. The molecule has 2 atom stereocenters. The predicted molar refractivity (Wildman–Crippen MR) is 80.6 cm³/mol. The second kappa shape index (κ2) is 5.51. The number of piperazine rings is 1. The molecule has 2 fully saturated rings. The molecule has 0 radical (unpaired) electrons. The smallest absolute Gasteiger partial charge is 0.0389 e. The molecule has 2 aliphatic heterocycles. The average Bonchev–Trinajstić information content (AvgIpc) is 2.86. The van der Waals surface area contributed by atoms with Gasteiger partial charge in [-0.05, 0) is 57.0 Å². The number of anilines is 1. The van der Waals surface area contributed by atoms with Gasteiger partial charge in [-0.2, -0.15) is 0 Å². The van der Waals surface area contributed by atoms with E-state index in [1.54, 1.807) is 0 Å². The average molecular weight is 259 g/mol. The Labute approximate surface area is 116 Å². The van der Waals surface area contributed by atoms with Crippen LogP contribution in [0.15, 0.2) is 24.3 Å². The van der Waals surface area contributed by atoms with E-state index < -0.39 is 0 Å².